The van der Waals surface area contributed by atoms with E-state index in [2.05, 4.69) is 15.0 Å². The van der Waals surface area contributed by atoms with E-state index in [-0.39, 0.29) is 11.3 Å². The summed E-state index contributed by atoms with van der Waals surface area (Å²) in [5.41, 5.74) is 0.993. The topological polar surface area (TPSA) is 67.9 Å². The molecule has 0 aliphatic carbocycles. The van der Waals surface area contributed by atoms with E-state index in [1.54, 1.807) is 24.3 Å². The number of anilines is 1. The molecule has 0 atom stereocenters. The minimum absolute atomic E-state index is 0.101. The lowest BCUT2D eigenvalue weighted by molar-refractivity contribution is -0.0498. The maximum absolute atomic E-state index is 12.3. The summed E-state index contributed by atoms with van der Waals surface area (Å²) in [6, 6.07) is 11.7. The molecular formula is C21H24F2N2O4. The lowest BCUT2D eigenvalue weighted by Gasteiger charge is -2.17. The van der Waals surface area contributed by atoms with Gasteiger partial charge < -0.3 is 19.7 Å². The van der Waals surface area contributed by atoms with Crippen LogP contribution in [-0.4, -0.2) is 49.6 Å². The molecule has 0 saturated carbocycles. The number of carbonyl (C=O) groups excluding carboxylic acids is 2. The highest BCUT2D eigenvalue weighted by atomic mass is 19.3. The molecule has 0 aromatic heterocycles. The van der Waals surface area contributed by atoms with Gasteiger partial charge in [-0.25, -0.2) is 4.79 Å². The molecule has 0 heterocycles. The minimum atomic E-state index is -2.97. The maximum Gasteiger partial charge on any atom is 0.387 e. The molecule has 8 heteroatoms. The van der Waals surface area contributed by atoms with Crippen LogP contribution in [-0.2, 0) is 4.74 Å². The molecule has 29 heavy (non-hydrogen) atoms. The molecule has 6 nitrogen and oxygen atoms in total. The van der Waals surface area contributed by atoms with Gasteiger partial charge in [-0.3, -0.25) is 4.79 Å². The first kappa shape index (κ1) is 22.3. The van der Waals surface area contributed by atoms with Crippen molar-refractivity contribution < 1.29 is 27.8 Å². The van der Waals surface area contributed by atoms with Crippen LogP contribution in [0.5, 0.6) is 5.75 Å². The normalized spacial score (nSPS) is 10.8. The number of nitrogens with zero attached hydrogens (tertiary/aromatic N) is 1. The average Bonchev–Trinajstić information content (AvgIpc) is 2.71. The molecule has 0 radical (unpaired) electrons. The number of alkyl halides is 2. The maximum atomic E-state index is 12.3. The summed E-state index contributed by atoms with van der Waals surface area (Å²) in [6.07, 6.45) is 0. The summed E-state index contributed by atoms with van der Waals surface area (Å²) in [7, 11) is 0. The number of benzene rings is 2. The largest absolute Gasteiger partial charge is 0.461 e. The molecule has 0 saturated heterocycles. The lowest BCUT2D eigenvalue weighted by atomic mass is 10.1. The zero-order valence-electron chi connectivity index (χ0n) is 16.4. The molecule has 1 amide bonds. The van der Waals surface area contributed by atoms with Crippen LogP contribution in [0.1, 0.15) is 34.6 Å². The fraction of sp³-hybridized carbons (Fsp3) is 0.333. The number of likely N-dealkylation sites (N-methyl/N-ethyl adjacent to an activating group) is 1. The standard InChI is InChI=1S/C21H24F2N2O4/c1-3-25(4-2)12-13-28-20(27)15-8-10-17(11-9-15)24-19(26)16-6-5-7-18(14-16)29-21(22)23/h5-11,14,21H,3-4,12-13H2,1-2H3,(H,24,26). The van der Waals surface area contributed by atoms with Gasteiger partial charge in [-0.05, 0) is 55.6 Å². The van der Waals surface area contributed by atoms with Gasteiger partial charge in [0.2, 0.25) is 0 Å². The first-order valence-electron chi connectivity index (χ1n) is 9.28. The van der Waals surface area contributed by atoms with E-state index in [1.165, 1.54) is 24.3 Å². The minimum Gasteiger partial charge on any atom is -0.461 e. The van der Waals surface area contributed by atoms with Crippen molar-refractivity contribution in [2.75, 3.05) is 31.6 Å². The van der Waals surface area contributed by atoms with Gasteiger partial charge in [0, 0.05) is 17.8 Å². The first-order valence-corrected chi connectivity index (χ1v) is 9.28. The highest BCUT2D eigenvalue weighted by molar-refractivity contribution is 6.04. The van der Waals surface area contributed by atoms with Gasteiger partial charge in [-0.2, -0.15) is 8.78 Å². The van der Waals surface area contributed by atoms with E-state index in [9.17, 15) is 18.4 Å². The SMILES string of the molecule is CCN(CC)CCOC(=O)c1ccc(NC(=O)c2cccc(OC(F)F)c2)cc1. The van der Waals surface area contributed by atoms with Crippen LogP contribution < -0.4 is 10.1 Å². The third-order valence-electron chi connectivity index (χ3n) is 4.23. The zero-order valence-corrected chi connectivity index (χ0v) is 16.4. The summed E-state index contributed by atoms with van der Waals surface area (Å²) < 4.78 is 34.1. The van der Waals surface area contributed by atoms with Crippen LogP contribution in [0.25, 0.3) is 0 Å². The van der Waals surface area contributed by atoms with Gasteiger partial charge in [0.25, 0.3) is 5.91 Å². The second kappa shape index (κ2) is 11.1. The summed E-state index contributed by atoms with van der Waals surface area (Å²) in [6.45, 7) is 3.87. The number of carbonyl (C=O) groups is 2. The number of ether oxygens (including phenoxy) is 2. The molecule has 0 unspecified atom stereocenters. The molecular weight excluding hydrogens is 382 g/mol. The van der Waals surface area contributed by atoms with Crippen LogP contribution >= 0.6 is 0 Å². The summed E-state index contributed by atoms with van der Waals surface area (Å²) in [5.74, 6) is -1.03. The summed E-state index contributed by atoms with van der Waals surface area (Å²) in [4.78, 5) is 26.5. The van der Waals surface area contributed by atoms with Gasteiger partial charge in [0.05, 0.1) is 5.56 Å². The van der Waals surface area contributed by atoms with E-state index in [1.807, 2.05) is 13.8 Å². The van der Waals surface area contributed by atoms with E-state index in [0.717, 1.165) is 13.1 Å². The Bertz CT molecular complexity index is 809. The highest BCUT2D eigenvalue weighted by Crippen LogP contribution is 2.18. The van der Waals surface area contributed by atoms with Crippen molar-refractivity contribution in [1.29, 1.82) is 0 Å². The van der Waals surface area contributed by atoms with Crippen molar-refractivity contribution in [3.8, 4) is 5.75 Å². The molecule has 1 N–H and O–H groups in total. The fourth-order valence-corrected chi connectivity index (χ4v) is 2.60. The van der Waals surface area contributed by atoms with Crippen molar-refractivity contribution in [3.63, 3.8) is 0 Å². The predicted octanol–water partition coefficient (Wildman–Crippen LogP) is 4.04. The Kier molecular flexibility index (Phi) is 8.54. The van der Waals surface area contributed by atoms with Crippen LogP contribution in [0.3, 0.4) is 0 Å². The number of amides is 1. The van der Waals surface area contributed by atoms with Gasteiger partial charge in [-0.15, -0.1) is 0 Å². The average molecular weight is 406 g/mol. The van der Waals surface area contributed by atoms with E-state index in [0.29, 0.717) is 24.4 Å². The number of hydrogen-bond donors (Lipinski definition) is 1. The van der Waals surface area contributed by atoms with Gasteiger partial charge in [-0.1, -0.05) is 19.9 Å². The summed E-state index contributed by atoms with van der Waals surface area (Å²) in [5, 5.41) is 2.64. The van der Waals surface area contributed by atoms with Crippen LogP contribution in [0.2, 0.25) is 0 Å². The van der Waals surface area contributed by atoms with E-state index >= 15 is 0 Å². The first-order chi connectivity index (χ1) is 13.9. The Morgan fingerprint density at radius 3 is 2.34 bits per heavy atom. The molecule has 0 spiro atoms. The number of nitrogens with one attached hydrogen (secondary N) is 1. The van der Waals surface area contributed by atoms with E-state index in [4.69, 9.17) is 4.74 Å². The van der Waals surface area contributed by atoms with Crippen molar-refractivity contribution in [1.82, 2.24) is 4.90 Å². The van der Waals surface area contributed by atoms with Gasteiger partial charge >= 0.3 is 12.6 Å². The van der Waals surface area contributed by atoms with Crippen LogP contribution in [0.4, 0.5) is 14.5 Å². The fourth-order valence-electron chi connectivity index (χ4n) is 2.60. The zero-order chi connectivity index (χ0) is 21.2. The quantitative estimate of drug-likeness (QED) is 0.603. The highest BCUT2D eigenvalue weighted by Gasteiger charge is 2.11. The predicted molar refractivity (Wildman–Crippen MR) is 106 cm³/mol. The number of esters is 1. The van der Waals surface area contributed by atoms with Crippen molar-refractivity contribution >= 4 is 17.6 Å². The molecule has 0 fully saturated rings. The van der Waals surface area contributed by atoms with Gasteiger partial charge in [0.15, 0.2) is 0 Å². The number of halogens is 2. The molecule has 2 aromatic carbocycles. The number of rotatable bonds is 10. The second-order valence-corrected chi connectivity index (χ2v) is 6.10. The van der Waals surface area contributed by atoms with E-state index < -0.39 is 18.5 Å². The van der Waals surface area contributed by atoms with Crippen LogP contribution in [0, 0.1) is 0 Å². The molecule has 2 rings (SSSR count). The molecule has 0 bridgehead atoms. The lowest BCUT2D eigenvalue weighted by Crippen LogP contribution is -2.27. The van der Waals surface area contributed by atoms with Crippen molar-refractivity contribution in [2.45, 2.75) is 20.5 Å². The molecule has 0 aliphatic heterocycles. The van der Waals surface area contributed by atoms with Crippen LogP contribution in [0.15, 0.2) is 48.5 Å². The Morgan fingerprint density at radius 1 is 1.03 bits per heavy atom. The second-order valence-electron chi connectivity index (χ2n) is 6.10. The summed E-state index contributed by atoms with van der Waals surface area (Å²) >= 11 is 0. The Labute approximate surface area is 168 Å². The van der Waals surface area contributed by atoms with Gasteiger partial charge in [0.1, 0.15) is 12.4 Å². The monoisotopic (exact) mass is 406 g/mol. The van der Waals surface area contributed by atoms with Crippen molar-refractivity contribution in [3.05, 3.63) is 59.7 Å². The molecule has 0 aliphatic rings. The Hall–Kier alpha value is -3.00. The molecule has 2 aromatic rings. The third kappa shape index (κ3) is 7.15. The Balaban J connectivity index is 1.91. The Morgan fingerprint density at radius 2 is 1.72 bits per heavy atom. The van der Waals surface area contributed by atoms with Crippen molar-refractivity contribution in [2.24, 2.45) is 0 Å². The number of hydrogen-bond acceptors (Lipinski definition) is 5. The molecule has 156 valence electrons. The smallest absolute Gasteiger partial charge is 0.387 e. The third-order valence-corrected chi connectivity index (χ3v) is 4.23.